The van der Waals surface area contributed by atoms with Gasteiger partial charge >= 0.3 is 5.97 Å². The molecular weight excluding hydrogens is 266 g/mol. The minimum Gasteiger partial charge on any atom is -0.466 e. The molecule has 2 N–H and O–H groups in total. The van der Waals surface area contributed by atoms with Crippen LogP contribution in [0.5, 0.6) is 0 Å². The molecule has 2 atom stereocenters. The molecule has 20 heavy (non-hydrogen) atoms. The quantitative estimate of drug-likeness (QED) is 0.462. The summed E-state index contributed by atoms with van der Waals surface area (Å²) in [6, 6.07) is 4.31. The highest BCUT2D eigenvalue weighted by molar-refractivity contribution is 5.70. The van der Waals surface area contributed by atoms with Crippen LogP contribution in [0.25, 0.3) is 0 Å². The molecule has 1 aromatic carbocycles. The molecule has 110 valence electrons. The number of ether oxygens (including phenoxy) is 1. The van der Waals surface area contributed by atoms with Gasteiger partial charge in [-0.2, -0.15) is 0 Å². The van der Waals surface area contributed by atoms with E-state index < -0.39 is 29.5 Å². The van der Waals surface area contributed by atoms with Gasteiger partial charge in [-0.25, -0.2) is 0 Å². The molecule has 0 saturated heterocycles. The Hall–Kier alpha value is -1.99. The monoisotopic (exact) mass is 283 g/mol. The standard InChI is InChI=1S/C13H17NO6/c1-3-20-11(16)7-10(15)13(17)12-8(2)5-4-6-9(12)14(18)19/h4-6,10,13,15,17H,3,7H2,1-2H3. The van der Waals surface area contributed by atoms with Crippen LogP contribution in [-0.4, -0.2) is 33.8 Å². The molecule has 7 heteroatoms. The lowest BCUT2D eigenvalue weighted by Gasteiger charge is -2.19. The number of nitro groups is 1. The Kier molecular flexibility index (Phi) is 5.60. The molecule has 1 rings (SSSR count). The second-order valence-electron chi connectivity index (χ2n) is 4.29. The third kappa shape index (κ3) is 3.75. The van der Waals surface area contributed by atoms with Crippen LogP contribution >= 0.6 is 0 Å². The van der Waals surface area contributed by atoms with Crippen molar-refractivity contribution in [3.05, 3.63) is 39.4 Å². The molecule has 0 fully saturated rings. The molecule has 0 heterocycles. The lowest BCUT2D eigenvalue weighted by molar-refractivity contribution is -0.386. The minimum absolute atomic E-state index is 0.00861. The summed E-state index contributed by atoms with van der Waals surface area (Å²) in [5.74, 6) is -0.671. The number of carbonyl (C=O) groups is 1. The second-order valence-corrected chi connectivity index (χ2v) is 4.29. The van der Waals surface area contributed by atoms with Crippen LogP contribution in [0.2, 0.25) is 0 Å². The Morgan fingerprint density at radius 2 is 2.10 bits per heavy atom. The summed E-state index contributed by atoms with van der Waals surface area (Å²) in [6.07, 6.45) is -3.42. The first kappa shape index (κ1) is 16.1. The summed E-state index contributed by atoms with van der Waals surface area (Å²) < 4.78 is 4.66. The number of aliphatic hydroxyl groups is 2. The van der Waals surface area contributed by atoms with Crippen LogP contribution in [0, 0.1) is 17.0 Å². The van der Waals surface area contributed by atoms with E-state index in [4.69, 9.17) is 0 Å². The topological polar surface area (TPSA) is 110 Å². The lowest BCUT2D eigenvalue weighted by atomic mass is 9.96. The van der Waals surface area contributed by atoms with E-state index in [2.05, 4.69) is 4.74 Å². The lowest BCUT2D eigenvalue weighted by Crippen LogP contribution is -2.24. The van der Waals surface area contributed by atoms with Crippen molar-refractivity contribution in [3.63, 3.8) is 0 Å². The largest absolute Gasteiger partial charge is 0.466 e. The normalized spacial score (nSPS) is 13.6. The zero-order valence-corrected chi connectivity index (χ0v) is 11.3. The molecule has 0 aliphatic carbocycles. The number of hydrogen-bond acceptors (Lipinski definition) is 6. The Balaban J connectivity index is 2.99. The van der Waals surface area contributed by atoms with Crippen LogP contribution in [0.1, 0.15) is 30.6 Å². The maximum atomic E-state index is 11.3. The molecule has 0 aliphatic rings. The Bertz CT molecular complexity index is 502. The first-order chi connectivity index (χ1) is 9.38. The first-order valence-electron chi connectivity index (χ1n) is 6.14. The van der Waals surface area contributed by atoms with Gasteiger partial charge < -0.3 is 14.9 Å². The summed E-state index contributed by atoms with van der Waals surface area (Å²) in [6.45, 7) is 3.36. The molecule has 0 saturated carbocycles. The fourth-order valence-electron chi connectivity index (χ4n) is 1.90. The first-order valence-corrected chi connectivity index (χ1v) is 6.14. The SMILES string of the molecule is CCOC(=O)CC(O)C(O)c1c(C)cccc1[N+](=O)[O-]. The summed E-state index contributed by atoms with van der Waals surface area (Å²) in [5.41, 5.74) is 0.185. The fourth-order valence-corrected chi connectivity index (χ4v) is 1.90. The molecule has 2 unspecified atom stereocenters. The van der Waals surface area contributed by atoms with Crippen LogP contribution in [0.4, 0.5) is 5.69 Å². The van der Waals surface area contributed by atoms with Crippen molar-refractivity contribution in [1.82, 2.24) is 0 Å². The molecule has 0 radical (unpaired) electrons. The van der Waals surface area contributed by atoms with Crippen LogP contribution < -0.4 is 0 Å². The van der Waals surface area contributed by atoms with Crippen LogP contribution in [0.15, 0.2) is 18.2 Å². The number of nitrogens with zero attached hydrogens (tertiary/aromatic N) is 1. The van der Waals surface area contributed by atoms with Gasteiger partial charge in [-0.15, -0.1) is 0 Å². The molecule has 0 amide bonds. The number of rotatable bonds is 6. The van der Waals surface area contributed by atoms with E-state index in [0.717, 1.165) is 0 Å². The highest BCUT2D eigenvalue weighted by Gasteiger charge is 2.29. The molecule has 7 nitrogen and oxygen atoms in total. The number of hydrogen-bond donors (Lipinski definition) is 2. The number of esters is 1. The van der Waals surface area contributed by atoms with E-state index in [1.54, 1.807) is 19.9 Å². The molecule has 1 aromatic rings. The van der Waals surface area contributed by atoms with E-state index in [9.17, 15) is 25.1 Å². The highest BCUT2D eigenvalue weighted by atomic mass is 16.6. The van der Waals surface area contributed by atoms with Gasteiger partial charge in [0.05, 0.1) is 29.6 Å². The fraction of sp³-hybridized carbons (Fsp3) is 0.462. The molecule has 0 spiro atoms. The van der Waals surface area contributed by atoms with E-state index >= 15 is 0 Å². The third-order valence-electron chi connectivity index (χ3n) is 2.84. The summed E-state index contributed by atoms with van der Waals surface area (Å²) in [7, 11) is 0. The Morgan fingerprint density at radius 3 is 2.65 bits per heavy atom. The maximum Gasteiger partial charge on any atom is 0.308 e. The van der Waals surface area contributed by atoms with Gasteiger partial charge in [0.1, 0.15) is 6.10 Å². The third-order valence-corrected chi connectivity index (χ3v) is 2.84. The second kappa shape index (κ2) is 6.97. The molecule has 0 bridgehead atoms. The van der Waals surface area contributed by atoms with Crippen LogP contribution in [0.3, 0.4) is 0 Å². The smallest absolute Gasteiger partial charge is 0.308 e. The molecular formula is C13H17NO6. The number of benzene rings is 1. The van der Waals surface area contributed by atoms with Crippen molar-refractivity contribution >= 4 is 11.7 Å². The van der Waals surface area contributed by atoms with Crippen LogP contribution in [-0.2, 0) is 9.53 Å². The minimum atomic E-state index is -1.53. The number of aryl methyl sites for hydroxylation is 1. The number of aliphatic hydroxyl groups excluding tert-OH is 2. The van der Waals surface area contributed by atoms with Crippen molar-refractivity contribution < 1.29 is 24.7 Å². The average molecular weight is 283 g/mol. The summed E-state index contributed by atoms with van der Waals surface area (Å²) in [5, 5.41) is 30.8. The van der Waals surface area contributed by atoms with E-state index in [0.29, 0.717) is 5.56 Å². The van der Waals surface area contributed by atoms with Crippen molar-refractivity contribution in [2.75, 3.05) is 6.61 Å². The Labute approximate surface area is 116 Å². The zero-order chi connectivity index (χ0) is 15.3. The maximum absolute atomic E-state index is 11.3. The number of carbonyl (C=O) groups excluding carboxylic acids is 1. The van der Waals surface area contributed by atoms with E-state index in [1.165, 1.54) is 12.1 Å². The van der Waals surface area contributed by atoms with E-state index in [-0.39, 0.29) is 17.9 Å². The van der Waals surface area contributed by atoms with Crippen molar-refractivity contribution in [1.29, 1.82) is 0 Å². The molecule has 0 aromatic heterocycles. The van der Waals surface area contributed by atoms with Gasteiger partial charge in [0.2, 0.25) is 0 Å². The van der Waals surface area contributed by atoms with Crippen molar-refractivity contribution in [2.45, 2.75) is 32.5 Å². The van der Waals surface area contributed by atoms with E-state index in [1.807, 2.05) is 0 Å². The average Bonchev–Trinajstić information content (AvgIpc) is 2.37. The zero-order valence-electron chi connectivity index (χ0n) is 11.3. The van der Waals surface area contributed by atoms with Crippen molar-refractivity contribution in [3.8, 4) is 0 Å². The van der Waals surface area contributed by atoms with Gasteiger partial charge in [0.15, 0.2) is 0 Å². The predicted octanol–water partition coefficient (Wildman–Crippen LogP) is 1.25. The van der Waals surface area contributed by atoms with Gasteiger partial charge in [0, 0.05) is 6.07 Å². The van der Waals surface area contributed by atoms with Gasteiger partial charge in [-0.1, -0.05) is 12.1 Å². The predicted molar refractivity (Wildman–Crippen MR) is 70.1 cm³/mol. The van der Waals surface area contributed by atoms with Gasteiger partial charge in [-0.3, -0.25) is 14.9 Å². The molecule has 0 aliphatic heterocycles. The summed E-state index contributed by atoms with van der Waals surface area (Å²) >= 11 is 0. The summed E-state index contributed by atoms with van der Waals surface area (Å²) in [4.78, 5) is 21.6. The number of nitro benzene ring substituents is 1. The van der Waals surface area contributed by atoms with Gasteiger partial charge in [0.25, 0.3) is 5.69 Å². The van der Waals surface area contributed by atoms with Gasteiger partial charge in [-0.05, 0) is 19.4 Å². The highest BCUT2D eigenvalue weighted by Crippen LogP contribution is 2.31. The Morgan fingerprint density at radius 1 is 1.45 bits per heavy atom. The van der Waals surface area contributed by atoms with Crippen molar-refractivity contribution in [2.24, 2.45) is 0 Å².